The van der Waals surface area contributed by atoms with Crippen LogP contribution in [0, 0.1) is 0 Å². The van der Waals surface area contributed by atoms with Crippen LogP contribution in [-0.4, -0.2) is 85.9 Å². The van der Waals surface area contributed by atoms with Crippen LogP contribution in [-0.2, 0) is 9.53 Å². The molecule has 0 aromatic carbocycles. The molecule has 0 saturated carbocycles. The number of rotatable bonds is 7. The number of nitrogens with zero attached hydrogens (tertiary/aromatic N) is 2. The molecule has 0 atom stereocenters. The van der Waals surface area contributed by atoms with Gasteiger partial charge in [-0.3, -0.25) is 9.69 Å². The fourth-order valence-electron chi connectivity index (χ4n) is 2.38. The van der Waals surface area contributed by atoms with Crippen molar-refractivity contribution in [2.45, 2.75) is 19.4 Å². The molecule has 1 fully saturated rings. The van der Waals surface area contributed by atoms with Gasteiger partial charge in [0, 0.05) is 46.4 Å². The first-order valence-corrected chi connectivity index (χ1v) is 6.89. The maximum atomic E-state index is 12.7. The third-order valence-corrected chi connectivity index (χ3v) is 3.65. The molecule has 0 aromatic heterocycles. The van der Waals surface area contributed by atoms with Crippen LogP contribution in [0.1, 0.15) is 13.8 Å². The Morgan fingerprint density at radius 2 is 2.00 bits per heavy atom. The van der Waals surface area contributed by atoms with E-state index in [4.69, 9.17) is 9.84 Å². The Morgan fingerprint density at radius 1 is 1.37 bits per heavy atom. The van der Waals surface area contributed by atoms with Crippen molar-refractivity contribution in [2.75, 3.05) is 59.6 Å². The minimum atomic E-state index is -0.537. The minimum Gasteiger partial charge on any atom is -0.395 e. The summed E-state index contributed by atoms with van der Waals surface area (Å²) in [7, 11) is 1.61. The standard InChI is InChI=1S/C13H27N3O3/c1-13(2,16-6-4-14-5-7-16)12(18)15(8-10-17)9-11-19-3/h14,17H,4-11H2,1-3H3. The zero-order chi connectivity index (χ0) is 14.3. The first-order valence-electron chi connectivity index (χ1n) is 6.89. The highest BCUT2D eigenvalue weighted by Gasteiger charge is 2.37. The van der Waals surface area contributed by atoms with E-state index in [0.717, 1.165) is 26.2 Å². The van der Waals surface area contributed by atoms with Gasteiger partial charge in [0.25, 0.3) is 0 Å². The molecule has 0 aliphatic carbocycles. The van der Waals surface area contributed by atoms with E-state index >= 15 is 0 Å². The number of aliphatic hydroxyl groups is 1. The van der Waals surface area contributed by atoms with Crippen LogP contribution in [0.3, 0.4) is 0 Å². The Morgan fingerprint density at radius 3 is 2.53 bits per heavy atom. The molecular weight excluding hydrogens is 246 g/mol. The van der Waals surface area contributed by atoms with Gasteiger partial charge < -0.3 is 20.1 Å². The molecule has 1 saturated heterocycles. The van der Waals surface area contributed by atoms with Gasteiger partial charge in [-0.15, -0.1) is 0 Å². The molecule has 0 spiro atoms. The van der Waals surface area contributed by atoms with Crippen LogP contribution < -0.4 is 5.32 Å². The van der Waals surface area contributed by atoms with E-state index < -0.39 is 5.54 Å². The van der Waals surface area contributed by atoms with Crippen LogP contribution in [0.25, 0.3) is 0 Å². The molecule has 1 amide bonds. The van der Waals surface area contributed by atoms with Crippen molar-refractivity contribution >= 4 is 5.91 Å². The molecule has 6 heteroatoms. The third kappa shape index (κ3) is 4.42. The highest BCUT2D eigenvalue weighted by Crippen LogP contribution is 2.18. The number of hydrogen-bond acceptors (Lipinski definition) is 5. The molecule has 1 heterocycles. The summed E-state index contributed by atoms with van der Waals surface area (Å²) in [6.07, 6.45) is 0. The van der Waals surface area contributed by atoms with E-state index in [2.05, 4.69) is 10.2 Å². The summed E-state index contributed by atoms with van der Waals surface area (Å²) in [6, 6.07) is 0. The van der Waals surface area contributed by atoms with Crippen molar-refractivity contribution in [3.8, 4) is 0 Å². The highest BCUT2D eigenvalue weighted by molar-refractivity contribution is 5.85. The van der Waals surface area contributed by atoms with E-state index in [1.165, 1.54) is 0 Å². The maximum Gasteiger partial charge on any atom is 0.242 e. The Hall–Kier alpha value is -0.690. The monoisotopic (exact) mass is 273 g/mol. The topological polar surface area (TPSA) is 65.0 Å². The lowest BCUT2D eigenvalue weighted by molar-refractivity contribution is -0.144. The fourth-order valence-corrected chi connectivity index (χ4v) is 2.38. The number of piperazine rings is 1. The number of methoxy groups -OCH3 is 1. The maximum absolute atomic E-state index is 12.7. The molecule has 0 radical (unpaired) electrons. The Balaban J connectivity index is 2.68. The van der Waals surface area contributed by atoms with Crippen molar-refractivity contribution in [3.05, 3.63) is 0 Å². The van der Waals surface area contributed by atoms with Crippen LogP contribution in [0.4, 0.5) is 0 Å². The van der Waals surface area contributed by atoms with Gasteiger partial charge in [0.15, 0.2) is 0 Å². The molecule has 2 N–H and O–H groups in total. The summed E-state index contributed by atoms with van der Waals surface area (Å²) >= 11 is 0. The molecule has 112 valence electrons. The molecule has 1 aliphatic rings. The van der Waals surface area contributed by atoms with Crippen molar-refractivity contribution in [1.29, 1.82) is 0 Å². The van der Waals surface area contributed by atoms with Gasteiger partial charge in [0.05, 0.1) is 18.8 Å². The van der Waals surface area contributed by atoms with Crippen molar-refractivity contribution in [2.24, 2.45) is 0 Å². The Bertz CT molecular complexity index is 278. The normalized spacial score (nSPS) is 17.5. The quantitative estimate of drug-likeness (QED) is 0.632. The molecule has 19 heavy (non-hydrogen) atoms. The molecular formula is C13H27N3O3. The zero-order valence-electron chi connectivity index (χ0n) is 12.3. The lowest BCUT2D eigenvalue weighted by atomic mass is 9.99. The third-order valence-electron chi connectivity index (χ3n) is 3.65. The lowest BCUT2D eigenvalue weighted by Gasteiger charge is -2.42. The first-order chi connectivity index (χ1) is 9.04. The fraction of sp³-hybridized carbons (Fsp3) is 0.923. The molecule has 0 bridgehead atoms. The van der Waals surface area contributed by atoms with Gasteiger partial charge in [-0.25, -0.2) is 0 Å². The molecule has 0 unspecified atom stereocenters. The van der Waals surface area contributed by atoms with E-state index in [1.54, 1.807) is 12.0 Å². The average molecular weight is 273 g/mol. The second-order valence-electron chi connectivity index (χ2n) is 5.30. The molecule has 1 aliphatic heterocycles. The number of amides is 1. The SMILES string of the molecule is COCCN(CCO)C(=O)C(C)(C)N1CCNCC1. The van der Waals surface area contributed by atoms with Gasteiger partial charge in [0.2, 0.25) is 5.91 Å². The summed E-state index contributed by atoms with van der Waals surface area (Å²) in [5.74, 6) is 0.0560. The smallest absolute Gasteiger partial charge is 0.242 e. The van der Waals surface area contributed by atoms with Crippen molar-refractivity contribution in [1.82, 2.24) is 15.1 Å². The number of carbonyl (C=O) groups excluding carboxylic acids is 1. The average Bonchev–Trinajstić information content (AvgIpc) is 2.43. The van der Waals surface area contributed by atoms with Gasteiger partial charge in [-0.1, -0.05) is 0 Å². The number of ether oxygens (including phenoxy) is 1. The largest absolute Gasteiger partial charge is 0.395 e. The predicted molar refractivity (Wildman–Crippen MR) is 74.1 cm³/mol. The highest BCUT2D eigenvalue weighted by atomic mass is 16.5. The minimum absolute atomic E-state index is 0.0207. The van der Waals surface area contributed by atoms with Crippen LogP contribution >= 0.6 is 0 Å². The number of nitrogens with one attached hydrogen (secondary N) is 1. The molecule has 0 aromatic rings. The van der Waals surface area contributed by atoms with Crippen LogP contribution in [0.15, 0.2) is 0 Å². The summed E-state index contributed by atoms with van der Waals surface area (Å²) in [4.78, 5) is 16.5. The zero-order valence-corrected chi connectivity index (χ0v) is 12.3. The summed E-state index contributed by atoms with van der Waals surface area (Å²) in [6.45, 7) is 8.82. The van der Waals surface area contributed by atoms with Crippen molar-refractivity contribution < 1.29 is 14.6 Å². The molecule has 6 nitrogen and oxygen atoms in total. The predicted octanol–water partition coefficient (Wildman–Crippen LogP) is -0.862. The lowest BCUT2D eigenvalue weighted by Crippen LogP contribution is -2.61. The van der Waals surface area contributed by atoms with Gasteiger partial charge in [-0.2, -0.15) is 0 Å². The second kappa shape index (κ2) is 7.79. The van der Waals surface area contributed by atoms with Crippen molar-refractivity contribution in [3.63, 3.8) is 0 Å². The summed E-state index contributed by atoms with van der Waals surface area (Å²) in [5.41, 5.74) is -0.537. The Kier molecular flexibility index (Phi) is 6.71. The summed E-state index contributed by atoms with van der Waals surface area (Å²) < 4.78 is 5.03. The number of aliphatic hydroxyl groups excluding tert-OH is 1. The van der Waals surface area contributed by atoms with Crippen LogP contribution in [0.5, 0.6) is 0 Å². The molecule has 1 rings (SSSR count). The Labute approximate surface area is 115 Å². The van der Waals surface area contributed by atoms with Gasteiger partial charge >= 0.3 is 0 Å². The van der Waals surface area contributed by atoms with Crippen LogP contribution in [0.2, 0.25) is 0 Å². The van der Waals surface area contributed by atoms with E-state index in [-0.39, 0.29) is 12.5 Å². The van der Waals surface area contributed by atoms with E-state index in [9.17, 15) is 4.79 Å². The van der Waals surface area contributed by atoms with E-state index in [0.29, 0.717) is 19.7 Å². The first kappa shape index (κ1) is 16.4. The van der Waals surface area contributed by atoms with Gasteiger partial charge in [-0.05, 0) is 13.8 Å². The van der Waals surface area contributed by atoms with Gasteiger partial charge in [0.1, 0.15) is 0 Å². The second-order valence-corrected chi connectivity index (χ2v) is 5.30. The summed E-state index contributed by atoms with van der Waals surface area (Å²) in [5, 5.41) is 12.4. The van der Waals surface area contributed by atoms with E-state index in [1.807, 2.05) is 13.8 Å². The number of hydrogen-bond donors (Lipinski definition) is 2. The number of carbonyl (C=O) groups is 1.